The topological polar surface area (TPSA) is 46.9 Å². The predicted octanol–water partition coefficient (Wildman–Crippen LogP) is 1.35. The van der Waals surface area contributed by atoms with Gasteiger partial charge in [-0.05, 0) is 33.1 Å². The molecule has 1 N–H and O–H groups in total. The molecular weight excluding hydrogens is 190 g/mol. The van der Waals surface area contributed by atoms with E-state index in [1.165, 1.54) is 0 Å². The van der Waals surface area contributed by atoms with Crippen molar-refractivity contribution >= 4 is 5.82 Å². The van der Waals surface area contributed by atoms with Gasteiger partial charge in [0.2, 0.25) is 0 Å². The van der Waals surface area contributed by atoms with Gasteiger partial charge in [-0.25, -0.2) is 4.98 Å². The Balaban J connectivity index is 2.69. The van der Waals surface area contributed by atoms with Crippen LogP contribution in [0.15, 0.2) is 4.79 Å². The Kier molecular flexibility index (Phi) is 2.50. The second kappa shape index (κ2) is 3.68. The average Bonchev–Trinajstić information content (AvgIpc) is 2.63. The van der Waals surface area contributed by atoms with Crippen molar-refractivity contribution in [2.45, 2.75) is 39.2 Å². The van der Waals surface area contributed by atoms with Gasteiger partial charge in [-0.1, -0.05) is 0 Å². The average molecular weight is 207 g/mol. The third-order valence-corrected chi connectivity index (χ3v) is 2.87. The van der Waals surface area contributed by atoms with Crippen LogP contribution in [0.3, 0.4) is 0 Å². The first-order valence-electron chi connectivity index (χ1n) is 5.47. The summed E-state index contributed by atoms with van der Waals surface area (Å²) < 4.78 is 1.88. The minimum atomic E-state index is 0.00755. The summed E-state index contributed by atoms with van der Waals surface area (Å²) in [5.41, 5.74) is 2.23. The lowest BCUT2D eigenvalue weighted by atomic mass is 10.3. The summed E-state index contributed by atoms with van der Waals surface area (Å²) in [7, 11) is 1.75. The number of nitrogens with zero attached hydrogens (tertiary/aromatic N) is 2. The van der Waals surface area contributed by atoms with E-state index in [1.54, 1.807) is 7.05 Å². The maximum Gasteiger partial charge on any atom is 0.293 e. The molecule has 82 valence electrons. The van der Waals surface area contributed by atoms with E-state index in [-0.39, 0.29) is 11.6 Å². The van der Waals surface area contributed by atoms with Crippen LogP contribution in [0.25, 0.3) is 0 Å². The van der Waals surface area contributed by atoms with E-state index in [4.69, 9.17) is 0 Å². The molecular formula is C11H17N3O. The van der Waals surface area contributed by atoms with Crippen LogP contribution in [0.5, 0.6) is 0 Å². The fourth-order valence-electron chi connectivity index (χ4n) is 2.22. The molecule has 1 heterocycles. The Bertz CT molecular complexity index is 434. The lowest BCUT2D eigenvalue weighted by molar-refractivity contribution is 0.551. The minimum absolute atomic E-state index is 0.00755. The first-order chi connectivity index (χ1) is 7.15. The van der Waals surface area contributed by atoms with Gasteiger partial charge in [0.15, 0.2) is 5.82 Å². The predicted molar refractivity (Wildman–Crippen MR) is 60.5 cm³/mol. The summed E-state index contributed by atoms with van der Waals surface area (Å²) in [6.07, 6.45) is 3.10. The Morgan fingerprint density at radius 1 is 1.40 bits per heavy atom. The van der Waals surface area contributed by atoms with Gasteiger partial charge in [0.05, 0.1) is 5.69 Å². The third-order valence-electron chi connectivity index (χ3n) is 2.87. The SMILES string of the molecule is CNc1nc2c(n(C(C)C)c1=O)CCC2. The first-order valence-corrected chi connectivity index (χ1v) is 5.47. The molecule has 4 nitrogen and oxygen atoms in total. The summed E-state index contributed by atoms with van der Waals surface area (Å²) in [5, 5.41) is 2.88. The highest BCUT2D eigenvalue weighted by Crippen LogP contribution is 2.22. The number of rotatable bonds is 2. The van der Waals surface area contributed by atoms with Crippen LogP contribution in [0.2, 0.25) is 0 Å². The van der Waals surface area contributed by atoms with Crippen LogP contribution >= 0.6 is 0 Å². The zero-order chi connectivity index (χ0) is 11.0. The molecule has 1 aromatic rings. The van der Waals surface area contributed by atoms with Gasteiger partial charge in [0, 0.05) is 18.8 Å². The van der Waals surface area contributed by atoms with Crippen molar-refractivity contribution in [3.63, 3.8) is 0 Å². The van der Waals surface area contributed by atoms with Crippen LogP contribution in [0.1, 0.15) is 37.7 Å². The second-order valence-corrected chi connectivity index (χ2v) is 4.23. The van der Waals surface area contributed by atoms with Crippen LogP contribution in [-0.2, 0) is 12.8 Å². The maximum atomic E-state index is 12.0. The summed E-state index contributed by atoms with van der Waals surface area (Å²) in [5.74, 6) is 0.476. The number of anilines is 1. The van der Waals surface area contributed by atoms with Gasteiger partial charge in [0.25, 0.3) is 5.56 Å². The summed E-state index contributed by atoms with van der Waals surface area (Å²) in [4.78, 5) is 16.4. The highest BCUT2D eigenvalue weighted by Gasteiger charge is 2.21. The monoisotopic (exact) mass is 207 g/mol. The van der Waals surface area contributed by atoms with Crippen molar-refractivity contribution in [3.8, 4) is 0 Å². The van der Waals surface area contributed by atoms with E-state index in [1.807, 2.05) is 18.4 Å². The Morgan fingerprint density at radius 2 is 2.13 bits per heavy atom. The quantitative estimate of drug-likeness (QED) is 0.796. The zero-order valence-corrected chi connectivity index (χ0v) is 9.50. The minimum Gasteiger partial charge on any atom is -0.369 e. The second-order valence-electron chi connectivity index (χ2n) is 4.23. The number of hydrogen-bond donors (Lipinski definition) is 1. The highest BCUT2D eigenvalue weighted by atomic mass is 16.1. The molecule has 1 aromatic heterocycles. The molecule has 0 saturated carbocycles. The first kappa shape index (κ1) is 10.2. The maximum absolute atomic E-state index is 12.0. The van der Waals surface area contributed by atoms with Gasteiger partial charge in [-0.3, -0.25) is 4.79 Å². The highest BCUT2D eigenvalue weighted by molar-refractivity contribution is 5.36. The number of fused-ring (bicyclic) bond motifs is 1. The fourth-order valence-corrected chi connectivity index (χ4v) is 2.22. The van der Waals surface area contributed by atoms with Crippen molar-refractivity contribution in [3.05, 3.63) is 21.7 Å². The van der Waals surface area contributed by atoms with E-state index >= 15 is 0 Å². The molecule has 0 atom stereocenters. The van der Waals surface area contributed by atoms with Crippen LogP contribution in [-0.4, -0.2) is 16.6 Å². The Hall–Kier alpha value is -1.32. The molecule has 0 saturated heterocycles. The van der Waals surface area contributed by atoms with Gasteiger partial charge in [-0.2, -0.15) is 0 Å². The van der Waals surface area contributed by atoms with Crippen molar-refractivity contribution in [1.82, 2.24) is 9.55 Å². The van der Waals surface area contributed by atoms with E-state index in [2.05, 4.69) is 10.3 Å². The third kappa shape index (κ3) is 1.54. The van der Waals surface area contributed by atoms with Crippen molar-refractivity contribution in [2.24, 2.45) is 0 Å². The molecule has 2 rings (SSSR count). The van der Waals surface area contributed by atoms with E-state index < -0.39 is 0 Å². The zero-order valence-electron chi connectivity index (χ0n) is 9.50. The largest absolute Gasteiger partial charge is 0.369 e. The van der Waals surface area contributed by atoms with Gasteiger partial charge < -0.3 is 9.88 Å². The molecule has 0 amide bonds. The summed E-state index contributed by atoms with van der Waals surface area (Å²) >= 11 is 0. The molecule has 0 spiro atoms. The number of nitrogens with one attached hydrogen (secondary N) is 1. The Labute approximate surface area is 89.3 Å². The molecule has 0 radical (unpaired) electrons. The fraction of sp³-hybridized carbons (Fsp3) is 0.636. The van der Waals surface area contributed by atoms with Crippen LogP contribution < -0.4 is 10.9 Å². The lowest BCUT2D eigenvalue weighted by Gasteiger charge is -2.16. The summed E-state index contributed by atoms with van der Waals surface area (Å²) in [6, 6.07) is 0.208. The molecule has 0 aromatic carbocycles. The van der Waals surface area contributed by atoms with Crippen molar-refractivity contribution in [1.29, 1.82) is 0 Å². The van der Waals surface area contributed by atoms with E-state index in [0.717, 1.165) is 30.7 Å². The van der Waals surface area contributed by atoms with E-state index in [0.29, 0.717) is 5.82 Å². The van der Waals surface area contributed by atoms with Gasteiger partial charge in [-0.15, -0.1) is 0 Å². The normalized spacial score (nSPS) is 14.4. The molecule has 1 aliphatic carbocycles. The smallest absolute Gasteiger partial charge is 0.293 e. The molecule has 1 aliphatic rings. The standard InChI is InChI=1S/C11H17N3O/c1-7(2)14-9-6-4-5-8(9)13-10(12-3)11(14)15/h7H,4-6H2,1-3H3,(H,12,13). The molecule has 0 bridgehead atoms. The lowest BCUT2D eigenvalue weighted by Crippen LogP contribution is -2.28. The number of aromatic nitrogens is 2. The molecule has 0 fully saturated rings. The van der Waals surface area contributed by atoms with Gasteiger partial charge >= 0.3 is 0 Å². The number of hydrogen-bond acceptors (Lipinski definition) is 3. The molecule has 15 heavy (non-hydrogen) atoms. The van der Waals surface area contributed by atoms with Crippen LogP contribution in [0.4, 0.5) is 5.82 Å². The van der Waals surface area contributed by atoms with Crippen LogP contribution in [0, 0.1) is 0 Å². The molecule has 0 unspecified atom stereocenters. The Morgan fingerprint density at radius 3 is 2.73 bits per heavy atom. The molecule has 4 heteroatoms. The van der Waals surface area contributed by atoms with Crippen molar-refractivity contribution in [2.75, 3.05) is 12.4 Å². The molecule has 0 aliphatic heterocycles. The van der Waals surface area contributed by atoms with E-state index in [9.17, 15) is 4.79 Å². The summed E-state index contributed by atoms with van der Waals surface area (Å²) in [6.45, 7) is 4.08. The van der Waals surface area contributed by atoms with Gasteiger partial charge in [0.1, 0.15) is 0 Å². The van der Waals surface area contributed by atoms with Crippen molar-refractivity contribution < 1.29 is 0 Å². The number of aryl methyl sites for hydroxylation is 1.